The molecule has 0 atom stereocenters. The SMILES string of the molecule is CCCCCCCCCCCCCCCCCC[SiH2]CCl.CCCCCCCCCCCCCCCCCC[SiH2]CCl.CCC[CH2][Sn]([Cl])([CH2]CCC)[CH2]CCC. The zero-order chi connectivity index (χ0) is 41.7. The molecular weight excluding hydrogens is 882 g/mol. The first-order valence-corrected chi connectivity index (χ1v) is 41.1. The van der Waals surface area contributed by atoms with Gasteiger partial charge in [-0.2, -0.15) is 0 Å². The molecule has 0 amide bonds. The summed E-state index contributed by atoms with van der Waals surface area (Å²) in [6, 6.07) is 2.95. The van der Waals surface area contributed by atoms with Gasteiger partial charge >= 0.3 is 98.8 Å². The second-order valence-corrected chi connectivity index (χ2v) is 39.9. The Bertz CT molecular complexity index is 546. The molecule has 0 rings (SSSR count). The third-order valence-electron chi connectivity index (χ3n) is 11.9. The normalized spacial score (nSPS) is 11.8. The van der Waals surface area contributed by atoms with E-state index in [0.717, 1.165) is 11.0 Å². The molecule has 0 saturated carbocycles. The number of hydrogen-bond donors (Lipinski definition) is 0. The van der Waals surface area contributed by atoms with Crippen LogP contribution in [0, 0.1) is 0 Å². The van der Waals surface area contributed by atoms with E-state index in [0.29, 0.717) is 0 Å². The topological polar surface area (TPSA) is 0 Å². The van der Waals surface area contributed by atoms with Crippen molar-refractivity contribution < 1.29 is 0 Å². The molecule has 0 aromatic heterocycles. The Hall–Kier alpha value is 2.10. The van der Waals surface area contributed by atoms with Gasteiger partial charge in [0.1, 0.15) is 0 Å². The molecule has 0 saturated heterocycles. The van der Waals surface area contributed by atoms with Gasteiger partial charge in [-0.1, -0.05) is 231 Å². The van der Waals surface area contributed by atoms with E-state index in [4.69, 9.17) is 32.1 Å². The van der Waals surface area contributed by atoms with E-state index in [9.17, 15) is 0 Å². The summed E-state index contributed by atoms with van der Waals surface area (Å²) in [5.74, 6) is 0. The van der Waals surface area contributed by atoms with Crippen LogP contribution in [0.1, 0.15) is 279 Å². The van der Waals surface area contributed by atoms with Crippen LogP contribution >= 0.6 is 32.1 Å². The summed E-state index contributed by atoms with van der Waals surface area (Å²) in [7, 11) is 7.13. The van der Waals surface area contributed by atoms with Crippen molar-refractivity contribution in [2.75, 3.05) is 11.0 Å². The van der Waals surface area contributed by atoms with Gasteiger partial charge in [0, 0.05) is 30.0 Å². The Morgan fingerprint density at radius 2 is 0.446 bits per heavy atom. The molecule has 0 N–H and O–H groups in total. The molecule has 0 aliphatic heterocycles. The predicted molar refractivity (Wildman–Crippen MR) is 278 cm³/mol. The van der Waals surface area contributed by atoms with Gasteiger partial charge in [-0.15, -0.1) is 23.2 Å². The predicted octanol–water partition coefficient (Wildman–Crippen LogP) is 19.6. The summed E-state index contributed by atoms with van der Waals surface area (Å²) in [5, 5.41) is 0. The van der Waals surface area contributed by atoms with Gasteiger partial charge in [-0.25, -0.2) is 0 Å². The molecule has 0 bridgehead atoms. The molecular formula is C50H109Cl3Si2Sn. The third kappa shape index (κ3) is 60.4. The van der Waals surface area contributed by atoms with Crippen LogP contribution < -0.4 is 0 Å². The van der Waals surface area contributed by atoms with E-state index >= 15 is 0 Å². The molecule has 56 heavy (non-hydrogen) atoms. The quantitative estimate of drug-likeness (QED) is 0.0324. The Morgan fingerprint density at radius 3 is 0.625 bits per heavy atom. The molecule has 0 aliphatic rings. The van der Waals surface area contributed by atoms with Gasteiger partial charge in [0.05, 0.1) is 0 Å². The fraction of sp³-hybridized carbons (Fsp3) is 1.00. The van der Waals surface area contributed by atoms with Gasteiger partial charge in [-0.05, 0) is 0 Å². The Balaban J connectivity index is -0.000000770. The van der Waals surface area contributed by atoms with Crippen LogP contribution in [0.25, 0.3) is 0 Å². The Kier molecular flexibility index (Phi) is 66.0. The van der Waals surface area contributed by atoms with Gasteiger partial charge in [0.25, 0.3) is 0 Å². The van der Waals surface area contributed by atoms with Crippen molar-refractivity contribution in [2.24, 2.45) is 0 Å². The van der Waals surface area contributed by atoms with Crippen molar-refractivity contribution in [3.05, 3.63) is 0 Å². The molecule has 0 spiro atoms. The van der Waals surface area contributed by atoms with Crippen molar-refractivity contribution >= 4 is 68.4 Å². The van der Waals surface area contributed by atoms with Crippen LogP contribution in [0.15, 0.2) is 0 Å². The van der Waals surface area contributed by atoms with E-state index in [2.05, 4.69) is 34.6 Å². The van der Waals surface area contributed by atoms with E-state index < -0.39 is 17.3 Å². The average molecular weight is 992 g/mol. The number of rotatable bonds is 45. The Labute approximate surface area is 380 Å². The second kappa shape index (κ2) is 59.2. The number of halogens is 3. The maximum absolute atomic E-state index is 6.89. The summed E-state index contributed by atoms with van der Waals surface area (Å²) in [5.41, 5.74) is 1.97. The number of unbranched alkanes of at least 4 members (excludes halogenated alkanes) is 33. The summed E-state index contributed by atoms with van der Waals surface area (Å²) in [4.78, 5) is 0. The van der Waals surface area contributed by atoms with E-state index in [1.807, 2.05) is 0 Å². The van der Waals surface area contributed by atoms with Gasteiger partial charge in [0.2, 0.25) is 0 Å². The van der Waals surface area contributed by atoms with E-state index in [1.54, 1.807) is 0 Å². The third-order valence-corrected chi connectivity index (χ3v) is 30.6. The first-order chi connectivity index (χ1) is 27.5. The standard InChI is InChI=1S/2C19H41ClSi.3C4H9.ClH.Sn/c2*1-2-3-4-5-6-7-8-9-10-11-12-13-14-15-16-17-18-21-19-20;3*1-3-4-2;;/h2*2-19,21H2,1H3;3*1,3-4H2,2H3;1H;/q;;;;;;+1/p-1. The molecule has 0 radical (unpaired) electrons. The number of alkyl halides is 2. The fourth-order valence-corrected chi connectivity index (χ4v) is 24.1. The van der Waals surface area contributed by atoms with E-state index in [-0.39, 0.29) is 19.0 Å². The first-order valence-electron chi connectivity index (χ1n) is 26.3. The average Bonchev–Trinajstić information content (AvgIpc) is 3.21. The van der Waals surface area contributed by atoms with Gasteiger partial charge < -0.3 is 0 Å². The molecule has 6 heteroatoms. The molecule has 342 valence electrons. The molecule has 0 aliphatic carbocycles. The summed E-state index contributed by atoms with van der Waals surface area (Å²) >= 11 is 9.38. The van der Waals surface area contributed by atoms with Crippen molar-refractivity contribution in [1.82, 2.24) is 0 Å². The number of hydrogen-bond acceptors (Lipinski definition) is 0. The van der Waals surface area contributed by atoms with Crippen molar-refractivity contribution in [3.8, 4) is 0 Å². The molecule has 0 unspecified atom stereocenters. The van der Waals surface area contributed by atoms with Gasteiger partial charge in [0.15, 0.2) is 0 Å². The maximum atomic E-state index is 6.89. The Morgan fingerprint density at radius 1 is 0.268 bits per heavy atom. The van der Waals surface area contributed by atoms with Crippen molar-refractivity contribution in [2.45, 2.75) is 304 Å². The van der Waals surface area contributed by atoms with E-state index in [1.165, 1.54) is 269 Å². The monoisotopic (exact) mass is 991 g/mol. The molecule has 0 aromatic rings. The summed E-state index contributed by atoms with van der Waals surface area (Å²) < 4.78 is 4.27. The van der Waals surface area contributed by atoms with Crippen LogP contribution in [0.3, 0.4) is 0 Å². The zero-order valence-electron chi connectivity index (χ0n) is 39.9. The van der Waals surface area contributed by atoms with Gasteiger partial charge in [-0.3, -0.25) is 0 Å². The van der Waals surface area contributed by atoms with Crippen LogP contribution in [-0.4, -0.2) is 47.3 Å². The molecule has 0 aromatic carbocycles. The minimum atomic E-state index is -2.09. The second-order valence-electron chi connectivity index (χ2n) is 17.9. The van der Waals surface area contributed by atoms with Crippen LogP contribution in [0.4, 0.5) is 0 Å². The molecule has 0 fully saturated rings. The van der Waals surface area contributed by atoms with Crippen molar-refractivity contribution in [3.63, 3.8) is 0 Å². The van der Waals surface area contributed by atoms with Crippen LogP contribution in [0.2, 0.25) is 25.4 Å². The van der Waals surface area contributed by atoms with Crippen molar-refractivity contribution in [1.29, 1.82) is 0 Å². The minimum absolute atomic E-state index is 0.123. The fourth-order valence-electron chi connectivity index (χ4n) is 7.85. The summed E-state index contributed by atoms with van der Waals surface area (Å²) in [6.07, 6.45) is 55.0. The van der Waals surface area contributed by atoms with Crippen LogP contribution in [-0.2, 0) is 0 Å². The first kappa shape index (κ1) is 62.4. The molecule has 0 heterocycles. The summed E-state index contributed by atoms with van der Waals surface area (Å²) in [6.45, 7) is 11.4. The zero-order valence-corrected chi connectivity index (χ0v) is 47.8. The van der Waals surface area contributed by atoms with Crippen LogP contribution in [0.5, 0.6) is 0 Å². The molecule has 0 nitrogen and oxygen atoms in total.